The van der Waals surface area contributed by atoms with Crippen LogP contribution in [0.25, 0.3) is 0 Å². The lowest BCUT2D eigenvalue weighted by Gasteiger charge is -1.91. The largest absolute Gasteiger partial charge is 0.477 e. The molecule has 1 N–H and O–H groups in total. The Bertz CT molecular complexity index is 447. The van der Waals surface area contributed by atoms with Crippen LogP contribution in [0.3, 0.4) is 0 Å². The lowest BCUT2D eigenvalue weighted by molar-refractivity contribution is 0.0698. The van der Waals surface area contributed by atoms with E-state index < -0.39 is 19.9 Å². The molecule has 0 saturated heterocycles. The van der Waals surface area contributed by atoms with E-state index in [2.05, 4.69) is 0 Å². The molecule has 1 rings (SSSR count). The van der Waals surface area contributed by atoms with E-state index in [0.717, 1.165) is 6.07 Å². The predicted molar refractivity (Wildman–Crippen MR) is 49.3 cm³/mol. The molecule has 0 fully saturated rings. The molecule has 0 unspecified atom stereocenters. The van der Waals surface area contributed by atoms with E-state index in [1.807, 2.05) is 0 Å². The van der Waals surface area contributed by atoms with Crippen LogP contribution in [0, 0.1) is 0 Å². The summed E-state index contributed by atoms with van der Waals surface area (Å²) in [6.07, 6.45) is 0. The Morgan fingerprint density at radius 2 is 2.08 bits per heavy atom. The summed E-state index contributed by atoms with van der Waals surface area (Å²) in [6, 6.07) is 1.01. The summed E-state index contributed by atoms with van der Waals surface area (Å²) in [5.74, 6) is -1.36. The number of hydrogen-bond acceptors (Lipinski definition) is 4. The van der Waals surface area contributed by atoms with Crippen LogP contribution in [0.15, 0.2) is 11.0 Å². The topological polar surface area (TPSA) is 71.4 Å². The molecule has 4 nitrogen and oxygen atoms in total. The van der Waals surface area contributed by atoms with E-state index in [0.29, 0.717) is 11.3 Å². The first-order chi connectivity index (χ1) is 5.82. The Kier molecular flexibility index (Phi) is 2.86. The van der Waals surface area contributed by atoms with Gasteiger partial charge >= 0.3 is 5.97 Å². The highest BCUT2D eigenvalue weighted by molar-refractivity contribution is 8.13. The molecule has 0 spiro atoms. The zero-order valence-electron chi connectivity index (χ0n) is 5.82. The molecule has 0 aliphatic carbocycles. The minimum absolute atomic E-state index is 0.0663. The molecule has 0 saturated carbocycles. The van der Waals surface area contributed by atoms with E-state index in [1.54, 1.807) is 0 Å². The van der Waals surface area contributed by atoms with Crippen molar-refractivity contribution in [2.75, 3.05) is 0 Å². The first-order valence-corrected chi connectivity index (χ1v) is 6.30. The summed E-state index contributed by atoms with van der Waals surface area (Å²) in [5.41, 5.74) is 0. The Balaban J connectivity index is 3.46. The minimum atomic E-state index is -4.04. The fourth-order valence-corrected chi connectivity index (χ4v) is 3.30. The van der Waals surface area contributed by atoms with Crippen molar-refractivity contribution in [3.05, 3.63) is 15.3 Å². The molecule has 0 aromatic carbocycles. The maximum atomic E-state index is 10.8. The van der Waals surface area contributed by atoms with Crippen molar-refractivity contribution in [2.45, 2.75) is 4.90 Å². The number of carboxylic acid groups (broad SMARTS) is 1. The van der Waals surface area contributed by atoms with Crippen LogP contribution in [-0.4, -0.2) is 19.5 Å². The van der Waals surface area contributed by atoms with Gasteiger partial charge in [-0.3, -0.25) is 0 Å². The average molecular weight is 261 g/mol. The van der Waals surface area contributed by atoms with Gasteiger partial charge in [0.1, 0.15) is 9.77 Å². The molecule has 13 heavy (non-hydrogen) atoms. The van der Waals surface area contributed by atoms with Gasteiger partial charge in [-0.15, -0.1) is 11.3 Å². The van der Waals surface area contributed by atoms with E-state index in [9.17, 15) is 13.2 Å². The highest BCUT2D eigenvalue weighted by atomic mass is 35.7. The van der Waals surface area contributed by atoms with E-state index >= 15 is 0 Å². The molecule has 8 heteroatoms. The molecule has 0 aliphatic rings. The monoisotopic (exact) mass is 260 g/mol. The van der Waals surface area contributed by atoms with Crippen molar-refractivity contribution in [3.8, 4) is 0 Å². The van der Waals surface area contributed by atoms with E-state index in [4.69, 9.17) is 27.4 Å². The van der Waals surface area contributed by atoms with Gasteiger partial charge in [-0.1, -0.05) is 11.6 Å². The van der Waals surface area contributed by atoms with Gasteiger partial charge in [0.25, 0.3) is 9.05 Å². The lowest BCUT2D eigenvalue weighted by Crippen LogP contribution is -1.99. The summed E-state index contributed by atoms with van der Waals surface area (Å²) < 4.78 is 21.7. The molecular weight excluding hydrogens is 259 g/mol. The normalized spacial score (nSPS) is 11.5. The molecule has 0 radical (unpaired) electrons. The van der Waals surface area contributed by atoms with Gasteiger partial charge in [-0.05, 0) is 6.07 Å². The van der Waals surface area contributed by atoms with Gasteiger partial charge in [0.15, 0.2) is 0 Å². The second-order valence-corrected chi connectivity index (χ2v) is 6.20. The Labute approximate surface area is 87.1 Å². The molecule has 0 aliphatic heterocycles. The Hall–Kier alpha value is -0.300. The maximum Gasteiger partial charge on any atom is 0.347 e. The van der Waals surface area contributed by atoms with Gasteiger partial charge in [0.2, 0.25) is 0 Å². The van der Waals surface area contributed by atoms with Crippen molar-refractivity contribution in [1.29, 1.82) is 0 Å². The van der Waals surface area contributed by atoms with Gasteiger partial charge in [-0.25, -0.2) is 13.2 Å². The lowest BCUT2D eigenvalue weighted by atomic mass is 10.5. The van der Waals surface area contributed by atoms with Gasteiger partial charge in [-0.2, -0.15) is 0 Å². The van der Waals surface area contributed by atoms with E-state index in [-0.39, 0.29) is 9.21 Å². The highest BCUT2D eigenvalue weighted by Gasteiger charge is 2.23. The van der Waals surface area contributed by atoms with Crippen LogP contribution in [-0.2, 0) is 9.05 Å². The molecule has 1 heterocycles. The van der Waals surface area contributed by atoms with Crippen LogP contribution in [0.5, 0.6) is 0 Å². The summed E-state index contributed by atoms with van der Waals surface area (Å²) in [5, 5.41) is 8.57. The van der Waals surface area contributed by atoms with Gasteiger partial charge in [0, 0.05) is 10.7 Å². The Morgan fingerprint density at radius 1 is 1.54 bits per heavy atom. The molecule has 1 aromatic heterocycles. The van der Waals surface area contributed by atoms with Gasteiger partial charge in [0.05, 0.1) is 4.34 Å². The molecular formula is C5H2Cl2O4S2. The fraction of sp³-hybridized carbons (Fsp3) is 0. The van der Waals surface area contributed by atoms with Crippen LogP contribution in [0.4, 0.5) is 0 Å². The highest BCUT2D eigenvalue weighted by Crippen LogP contribution is 2.31. The number of thiophene rings is 1. The minimum Gasteiger partial charge on any atom is -0.477 e. The smallest absolute Gasteiger partial charge is 0.347 e. The number of carbonyl (C=O) groups is 1. The third-order valence-electron chi connectivity index (χ3n) is 1.12. The summed E-state index contributed by atoms with van der Waals surface area (Å²) >= 11 is 6.10. The SMILES string of the molecule is O=C(O)c1sc(Cl)cc1S(=O)(=O)Cl. The van der Waals surface area contributed by atoms with Crippen LogP contribution < -0.4 is 0 Å². The van der Waals surface area contributed by atoms with Crippen molar-refractivity contribution >= 4 is 48.6 Å². The molecule has 0 atom stereocenters. The van der Waals surface area contributed by atoms with Crippen LogP contribution >= 0.6 is 33.6 Å². The molecule has 72 valence electrons. The quantitative estimate of drug-likeness (QED) is 0.827. The second-order valence-electron chi connectivity index (χ2n) is 1.99. The van der Waals surface area contributed by atoms with Gasteiger partial charge < -0.3 is 5.11 Å². The average Bonchev–Trinajstić information content (AvgIpc) is 2.29. The number of rotatable bonds is 2. The standard InChI is InChI=1S/C5H2Cl2O4S2/c6-3-1-2(13(7,10)11)4(12-3)5(8)9/h1H,(H,8,9). The Morgan fingerprint density at radius 3 is 2.38 bits per heavy atom. The predicted octanol–water partition coefficient (Wildman–Crippen LogP) is 2.03. The molecule has 0 amide bonds. The third kappa shape index (κ3) is 2.34. The van der Waals surface area contributed by atoms with Crippen LogP contribution in [0.2, 0.25) is 4.34 Å². The molecule has 1 aromatic rings. The van der Waals surface area contributed by atoms with E-state index in [1.165, 1.54) is 0 Å². The summed E-state index contributed by atoms with van der Waals surface area (Å²) in [4.78, 5) is 9.67. The zero-order chi connectivity index (χ0) is 10.2. The van der Waals surface area contributed by atoms with Crippen LogP contribution in [0.1, 0.15) is 9.67 Å². The van der Waals surface area contributed by atoms with Crippen molar-refractivity contribution in [2.24, 2.45) is 0 Å². The van der Waals surface area contributed by atoms with Crippen molar-refractivity contribution in [1.82, 2.24) is 0 Å². The van der Waals surface area contributed by atoms with Crippen molar-refractivity contribution in [3.63, 3.8) is 0 Å². The van der Waals surface area contributed by atoms with Crippen molar-refractivity contribution < 1.29 is 18.3 Å². The maximum absolute atomic E-state index is 10.8. The zero-order valence-corrected chi connectivity index (χ0v) is 8.97. The fourth-order valence-electron chi connectivity index (χ4n) is 0.676. The second kappa shape index (κ2) is 3.45. The number of carboxylic acids is 1. The molecule has 0 bridgehead atoms. The third-order valence-corrected chi connectivity index (χ3v) is 3.85. The first-order valence-electron chi connectivity index (χ1n) is 2.79. The number of aromatic carboxylic acids is 1. The number of halogens is 2. The number of hydrogen-bond donors (Lipinski definition) is 1. The summed E-state index contributed by atoms with van der Waals surface area (Å²) in [7, 11) is 0.938. The first kappa shape index (κ1) is 10.8. The summed E-state index contributed by atoms with van der Waals surface area (Å²) in [6.45, 7) is 0.